The number of nitrogens with zero attached hydrogens (tertiary/aromatic N) is 4. The second-order valence-corrected chi connectivity index (χ2v) is 6.59. The zero-order valence-electron chi connectivity index (χ0n) is 14.1. The summed E-state index contributed by atoms with van der Waals surface area (Å²) in [5, 5.41) is 0. The Morgan fingerprint density at radius 1 is 1.20 bits per heavy atom. The van der Waals surface area contributed by atoms with Gasteiger partial charge in [0, 0.05) is 47.8 Å². The first-order valence-corrected chi connectivity index (χ1v) is 7.51. The number of guanidine groups is 1. The number of halogens is 1. The Balaban J connectivity index is 0.00000361. The van der Waals surface area contributed by atoms with Crippen LogP contribution >= 0.6 is 24.0 Å². The molecule has 0 amide bonds. The lowest BCUT2D eigenvalue weighted by Crippen LogP contribution is -2.40. The number of hydrogen-bond donors (Lipinski definition) is 0. The summed E-state index contributed by atoms with van der Waals surface area (Å²) in [4.78, 5) is 11.6. The first-order valence-electron chi connectivity index (χ1n) is 7.51. The Morgan fingerprint density at radius 2 is 1.80 bits per heavy atom. The average molecular weight is 396 g/mol. The summed E-state index contributed by atoms with van der Waals surface area (Å²) < 4.78 is 0. The SMILES string of the molecule is CC(C)CN1CCCC(CN=C(N(C)C)N(C)C)C1.I. The van der Waals surface area contributed by atoms with Crippen molar-refractivity contribution in [1.82, 2.24) is 14.7 Å². The highest BCUT2D eigenvalue weighted by molar-refractivity contribution is 14.0. The lowest BCUT2D eigenvalue weighted by molar-refractivity contribution is 0.161. The molecule has 0 aromatic carbocycles. The third kappa shape index (κ3) is 7.11. The van der Waals surface area contributed by atoms with Crippen molar-refractivity contribution in [2.24, 2.45) is 16.8 Å². The first kappa shape index (κ1) is 20.0. The fraction of sp³-hybridized carbons (Fsp3) is 0.933. The zero-order chi connectivity index (χ0) is 14.4. The molecular weight excluding hydrogens is 363 g/mol. The summed E-state index contributed by atoms with van der Waals surface area (Å²) in [6.45, 7) is 9.28. The van der Waals surface area contributed by atoms with Gasteiger partial charge in [-0.25, -0.2) is 0 Å². The van der Waals surface area contributed by atoms with Crippen LogP contribution in [0.2, 0.25) is 0 Å². The van der Waals surface area contributed by atoms with Crippen LogP contribution in [0.1, 0.15) is 26.7 Å². The zero-order valence-corrected chi connectivity index (χ0v) is 16.4. The van der Waals surface area contributed by atoms with E-state index in [1.165, 1.54) is 32.5 Å². The predicted octanol–water partition coefficient (Wildman–Crippen LogP) is 2.45. The van der Waals surface area contributed by atoms with Crippen LogP contribution in [0.4, 0.5) is 0 Å². The van der Waals surface area contributed by atoms with Crippen LogP contribution in [-0.2, 0) is 0 Å². The van der Waals surface area contributed by atoms with Crippen LogP contribution < -0.4 is 0 Å². The average Bonchev–Trinajstić information content (AvgIpc) is 2.27. The van der Waals surface area contributed by atoms with E-state index in [9.17, 15) is 0 Å². The van der Waals surface area contributed by atoms with Gasteiger partial charge in [0.1, 0.15) is 0 Å². The van der Waals surface area contributed by atoms with Gasteiger partial charge in [-0.3, -0.25) is 4.99 Å². The molecular formula is C15H33IN4. The standard InChI is InChI=1S/C15H32N4.HI/c1-13(2)11-19-9-7-8-14(12-19)10-16-15(17(3)4)18(5)6;/h13-14H,7-12H2,1-6H3;1H. The van der Waals surface area contributed by atoms with Crippen LogP contribution in [-0.4, -0.2) is 75.0 Å². The Hall–Kier alpha value is -0.0400. The monoisotopic (exact) mass is 396 g/mol. The Bertz CT molecular complexity index is 280. The van der Waals surface area contributed by atoms with E-state index < -0.39 is 0 Å². The third-order valence-corrected chi connectivity index (χ3v) is 3.52. The van der Waals surface area contributed by atoms with Gasteiger partial charge in [-0.05, 0) is 31.2 Å². The molecule has 1 atom stereocenters. The molecule has 5 heteroatoms. The van der Waals surface area contributed by atoms with Crippen molar-refractivity contribution in [3.05, 3.63) is 0 Å². The fourth-order valence-corrected chi connectivity index (χ4v) is 2.88. The molecule has 1 aliphatic heterocycles. The lowest BCUT2D eigenvalue weighted by Gasteiger charge is -2.33. The van der Waals surface area contributed by atoms with Gasteiger partial charge in [0.05, 0.1) is 0 Å². The molecule has 1 unspecified atom stereocenters. The Kier molecular flexibility index (Phi) is 9.80. The van der Waals surface area contributed by atoms with Crippen molar-refractivity contribution >= 4 is 29.9 Å². The molecule has 0 aliphatic carbocycles. The van der Waals surface area contributed by atoms with Gasteiger partial charge in [0.25, 0.3) is 0 Å². The molecule has 120 valence electrons. The summed E-state index contributed by atoms with van der Waals surface area (Å²) in [6.07, 6.45) is 2.65. The molecule has 0 N–H and O–H groups in total. The van der Waals surface area contributed by atoms with E-state index in [4.69, 9.17) is 4.99 Å². The molecule has 0 spiro atoms. The summed E-state index contributed by atoms with van der Waals surface area (Å²) in [6, 6.07) is 0. The fourth-order valence-electron chi connectivity index (χ4n) is 2.88. The van der Waals surface area contributed by atoms with Crippen molar-refractivity contribution in [3.8, 4) is 0 Å². The Labute approximate surface area is 142 Å². The van der Waals surface area contributed by atoms with E-state index in [1.807, 2.05) is 0 Å². The molecule has 4 nitrogen and oxygen atoms in total. The number of hydrogen-bond acceptors (Lipinski definition) is 2. The van der Waals surface area contributed by atoms with Crippen LogP contribution in [0.3, 0.4) is 0 Å². The molecule has 20 heavy (non-hydrogen) atoms. The minimum atomic E-state index is 0. The minimum absolute atomic E-state index is 0. The van der Waals surface area contributed by atoms with Gasteiger partial charge in [0.15, 0.2) is 5.96 Å². The van der Waals surface area contributed by atoms with E-state index in [-0.39, 0.29) is 24.0 Å². The number of likely N-dealkylation sites (tertiary alicyclic amines) is 1. The molecule has 0 aromatic heterocycles. The largest absolute Gasteiger partial charge is 0.349 e. The van der Waals surface area contributed by atoms with Gasteiger partial charge in [0.2, 0.25) is 0 Å². The topological polar surface area (TPSA) is 22.1 Å². The molecule has 1 saturated heterocycles. The molecule has 1 heterocycles. The van der Waals surface area contributed by atoms with Gasteiger partial charge >= 0.3 is 0 Å². The van der Waals surface area contributed by atoms with E-state index in [2.05, 4.69) is 56.7 Å². The van der Waals surface area contributed by atoms with E-state index in [0.717, 1.165) is 24.3 Å². The first-order chi connectivity index (χ1) is 8.90. The summed E-state index contributed by atoms with van der Waals surface area (Å²) in [7, 11) is 8.24. The van der Waals surface area contributed by atoms with Crippen molar-refractivity contribution in [1.29, 1.82) is 0 Å². The van der Waals surface area contributed by atoms with Crippen LogP contribution in [0.5, 0.6) is 0 Å². The van der Waals surface area contributed by atoms with E-state index >= 15 is 0 Å². The second-order valence-electron chi connectivity index (χ2n) is 6.59. The van der Waals surface area contributed by atoms with Crippen molar-refractivity contribution in [2.45, 2.75) is 26.7 Å². The highest BCUT2D eigenvalue weighted by Gasteiger charge is 2.20. The quantitative estimate of drug-likeness (QED) is 0.414. The highest BCUT2D eigenvalue weighted by Crippen LogP contribution is 2.18. The molecule has 1 aliphatic rings. The molecule has 0 saturated carbocycles. The summed E-state index contributed by atoms with van der Waals surface area (Å²) in [5.74, 6) is 2.56. The Morgan fingerprint density at radius 3 is 2.30 bits per heavy atom. The normalized spacial score (nSPS) is 19.4. The second kappa shape index (κ2) is 9.82. The smallest absolute Gasteiger partial charge is 0.195 e. The predicted molar refractivity (Wildman–Crippen MR) is 99.1 cm³/mol. The van der Waals surface area contributed by atoms with Crippen LogP contribution in [0.15, 0.2) is 4.99 Å². The number of piperidine rings is 1. The number of rotatable bonds is 4. The maximum Gasteiger partial charge on any atom is 0.195 e. The molecule has 0 radical (unpaired) electrons. The minimum Gasteiger partial charge on any atom is -0.349 e. The van der Waals surface area contributed by atoms with E-state index in [0.29, 0.717) is 0 Å². The molecule has 0 aromatic rings. The van der Waals surface area contributed by atoms with Crippen LogP contribution in [0.25, 0.3) is 0 Å². The van der Waals surface area contributed by atoms with Crippen LogP contribution in [0, 0.1) is 11.8 Å². The van der Waals surface area contributed by atoms with Gasteiger partial charge < -0.3 is 14.7 Å². The third-order valence-electron chi connectivity index (χ3n) is 3.52. The highest BCUT2D eigenvalue weighted by atomic mass is 127. The molecule has 1 rings (SSSR count). The molecule has 0 bridgehead atoms. The maximum atomic E-state index is 4.80. The van der Waals surface area contributed by atoms with Gasteiger partial charge in [-0.1, -0.05) is 13.8 Å². The van der Waals surface area contributed by atoms with Gasteiger partial charge in [-0.2, -0.15) is 0 Å². The van der Waals surface area contributed by atoms with E-state index in [1.54, 1.807) is 0 Å². The molecule has 1 fully saturated rings. The van der Waals surface area contributed by atoms with Crippen molar-refractivity contribution in [3.63, 3.8) is 0 Å². The lowest BCUT2D eigenvalue weighted by atomic mass is 9.97. The van der Waals surface area contributed by atoms with Crippen molar-refractivity contribution in [2.75, 3.05) is 54.4 Å². The van der Waals surface area contributed by atoms with Crippen molar-refractivity contribution < 1.29 is 0 Å². The summed E-state index contributed by atoms with van der Waals surface area (Å²) in [5.41, 5.74) is 0. The summed E-state index contributed by atoms with van der Waals surface area (Å²) >= 11 is 0. The number of aliphatic imine (C=N–C) groups is 1. The maximum absolute atomic E-state index is 4.80. The van der Waals surface area contributed by atoms with Gasteiger partial charge in [-0.15, -0.1) is 24.0 Å².